The molecule has 0 aromatic rings. The lowest BCUT2D eigenvalue weighted by Crippen LogP contribution is -2.40. The van der Waals surface area contributed by atoms with E-state index >= 15 is 0 Å². The molecule has 2 N–H and O–H groups in total. The molecule has 94 valence electrons. The maximum atomic E-state index is 12.1. The average Bonchev–Trinajstić information content (AvgIpc) is 2.35. The van der Waals surface area contributed by atoms with Crippen molar-refractivity contribution >= 4 is 17.7 Å². The first-order chi connectivity index (χ1) is 7.65. The molecular weight excluding hydrogens is 220 g/mol. The van der Waals surface area contributed by atoms with Gasteiger partial charge >= 0.3 is 0 Å². The first-order valence-corrected chi connectivity index (χ1v) is 7.30. The van der Waals surface area contributed by atoms with E-state index in [4.69, 9.17) is 5.73 Å². The van der Waals surface area contributed by atoms with Gasteiger partial charge in [-0.1, -0.05) is 6.92 Å². The van der Waals surface area contributed by atoms with Crippen molar-refractivity contribution < 1.29 is 4.79 Å². The van der Waals surface area contributed by atoms with E-state index in [1.54, 1.807) is 11.8 Å². The lowest BCUT2D eigenvalue weighted by atomic mass is 10.1. The molecule has 2 unspecified atom stereocenters. The summed E-state index contributed by atoms with van der Waals surface area (Å²) in [6.07, 6.45) is 3.61. The Hall–Kier alpha value is -0.220. The number of carbonyl (C=O) groups is 1. The molecule has 1 saturated heterocycles. The molecule has 0 aromatic heterocycles. The van der Waals surface area contributed by atoms with Crippen LogP contribution in [0.4, 0.5) is 0 Å². The van der Waals surface area contributed by atoms with E-state index in [-0.39, 0.29) is 5.25 Å². The summed E-state index contributed by atoms with van der Waals surface area (Å²) in [6, 6.07) is 0. The lowest BCUT2D eigenvalue weighted by Gasteiger charge is -2.29. The maximum Gasteiger partial charge on any atom is 0.235 e. The summed E-state index contributed by atoms with van der Waals surface area (Å²) in [6.45, 7) is 6.76. The summed E-state index contributed by atoms with van der Waals surface area (Å²) in [4.78, 5) is 14.1. The molecule has 2 atom stereocenters. The monoisotopic (exact) mass is 244 g/mol. The van der Waals surface area contributed by atoms with Gasteiger partial charge in [-0.05, 0) is 44.4 Å². The minimum atomic E-state index is 0.0899. The number of nitrogens with two attached hydrogens (primary N) is 1. The van der Waals surface area contributed by atoms with Gasteiger partial charge in [-0.2, -0.15) is 0 Å². The Kier molecular flexibility index (Phi) is 6.21. The van der Waals surface area contributed by atoms with Crippen LogP contribution in [0.25, 0.3) is 0 Å². The summed E-state index contributed by atoms with van der Waals surface area (Å²) in [5.74, 6) is 1.80. The second-order valence-corrected chi connectivity index (χ2v) is 6.08. The van der Waals surface area contributed by atoms with Crippen molar-refractivity contribution in [3.05, 3.63) is 0 Å². The summed E-state index contributed by atoms with van der Waals surface area (Å²) in [5, 5.41) is 0.0899. The van der Waals surface area contributed by atoms with Crippen LogP contribution in [0.2, 0.25) is 0 Å². The Balaban J connectivity index is 2.29. The molecule has 0 saturated carbocycles. The van der Waals surface area contributed by atoms with Crippen molar-refractivity contribution in [2.75, 3.05) is 25.4 Å². The minimum Gasteiger partial charge on any atom is -0.342 e. The Morgan fingerprint density at radius 2 is 1.94 bits per heavy atom. The quantitative estimate of drug-likeness (QED) is 0.801. The van der Waals surface area contributed by atoms with E-state index in [0.29, 0.717) is 18.4 Å². The zero-order chi connectivity index (χ0) is 12.0. The Labute approximate surface area is 103 Å². The zero-order valence-electron chi connectivity index (χ0n) is 10.4. The molecule has 0 spiro atoms. The fourth-order valence-electron chi connectivity index (χ4n) is 1.82. The van der Waals surface area contributed by atoms with Crippen LogP contribution in [-0.2, 0) is 4.79 Å². The summed E-state index contributed by atoms with van der Waals surface area (Å²) < 4.78 is 0. The Bertz CT molecular complexity index is 217. The van der Waals surface area contributed by atoms with Gasteiger partial charge in [-0.3, -0.25) is 4.79 Å². The van der Waals surface area contributed by atoms with Crippen molar-refractivity contribution in [1.29, 1.82) is 0 Å². The lowest BCUT2D eigenvalue weighted by molar-refractivity contribution is -0.131. The number of hydrogen-bond donors (Lipinski definition) is 1. The van der Waals surface area contributed by atoms with Crippen LogP contribution in [-0.4, -0.2) is 41.4 Å². The van der Waals surface area contributed by atoms with Gasteiger partial charge in [-0.15, -0.1) is 11.8 Å². The second-order valence-electron chi connectivity index (χ2n) is 4.70. The first kappa shape index (κ1) is 13.8. The highest BCUT2D eigenvalue weighted by Gasteiger charge is 2.22. The molecule has 1 amide bonds. The van der Waals surface area contributed by atoms with E-state index in [0.717, 1.165) is 18.8 Å². The normalized spacial score (nSPS) is 20.6. The van der Waals surface area contributed by atoms with Gasteiger partial charge in [0.25, 0.3) is 0 Å². The van der Waals surface area contributed by atoms with Crippen molar-refractivity contribution in [2.24, 2.45) is 11.7 Å². The van der Waals surface area contributed by atoms with Crippen molar-refractivity contribution in [3.8, 4) is 0 Å². The molecule has 0 bridgehead atoms. The van der Waals surface area contributed by atoms with E-state index < -0.39 is 0 Å². The van der Waals surface area contributed by atoms with Crippen LogP contribution < -0.4 is 5.73 Å². The van der Waals surface area contributed by atoms with Gasteiger partial charge < -0.3 is 10.6 Å². The summed E-state index contributed by atoms with van der Waals surface area (Å²) >= 11 is 1.74. The Morgan fingerprint density at radius 3 is 2.50 bits per heavy atom. The molecule has 0 radical (unpaired) electrons. The zero-order valence-corrected chi connectivity index (χ0v) is 11.3. The highest BCUT2D eigenvalue weighted by molar-refractivity contribution is 8.00. The molecule has 0 aliphatic carbocycles. The second kappa shape index (κ2) is 7.17. The molecule has 1 fully saturated rings. The van der Waals surface area contributed by atoms with Gasteiger partial charge in [0, 0.05) is 13.1 Å². The van der Waals surface area contributed by atoms with Gasteiger partial charge in [0.15, 0.2) is 0 Å². The van der Waals surface area contributed by atoms with Crippen LogP contribution in [0.3, 0.4) is 0 Å². The van der Waals surface area contributed by atoms with Crippen LogP contribution in [0, 0.1) is 5.92 Å². The van der Waals surface area contributed by atoms with Crippen LogP contribution in [0.1, 0.15) is 33.1 Å². The first-order valence-electron chi connectivity index (χ1n) is 6.25. The highest BCUT2D eigenvalue weighted by atomic mass is 32.2. The van der Waals surface area contributed by atoms with E-state index in [2.05, 4.69) is 6.92 Å². The van der Waals surface area contributed by atoms with Crippen molar-refractivity contribution in [2.45, 2.75) is 38.4 Å². The van der Waals surface area contributed by atoms with Gasteiger partial charge in [-0.25, -0.2) is 0 Å². The third kappa shape index (κ3) is 4.34. The summed E-state index contributed by atoms with van der Waals surface area (Å²) in [5.41, 5.74) is 5.57. The van der Waals surface area contributed by atoms with Gasteiger partial charge in [0.1, 0.15) is 0 Å². The van der Waals surface area contributed by atoms with E-state index in [9.17, 15) is 4.79 Å². The summed E-state index contributed by atoms with van der Waals surface area (Å²) in [7, 11) is 0. The molecule has 0 aromatic carbocycles. The number of thioether (sulfide) groups is 1. The molecule has 3 nitrogen and oxygen atoms in total. The topological polar surface area (TPSA) is 46.3 Å². The largest absolute Gasteiger partial charge is 0.342 e. The third-order valence-electron chi connectivity index (χ3n) is 3.05. The molecule has 16 heavy (non-hydrogen) atoms. The third-order valence-corrected chi connectivity index (χ3v) is 4.51. The number of likely N-dealkylation sites (tertiary alicyclic amines) is 1. The number of piperidine rings is 1. The predicted molar refractivity (Wildman–Crippen MR) is 70.6 cm³/mol. The predicted octanol–water partition coefficient (Wildman–Crippen LogP) is 1.72. The van der Waals surface area contributed by atoms with Crippen molar-refractivity contribution in [1.82, 2.24) is 4.90 Å². The number of hydrogen-bond acceptors (Lipinski definition) is 3. The van der Waals surface area contributed by atoms with E-state index in [1.165, 1.54) is 19.3 Å². The minimum absolute atomic E-state index is 0.0899. The molecule has 1 heterocycles. The number of carbonyl (C=O) groups excluding carboxylic acids is 1. The smallest absolute Gasteiger partial charge is 0.235 e. The van der Waals surface area contributed by atoms with Gasteiger partial charge in [0.2, 0.25) is 5.91 Å². The maximum absolute atomic E-state index is 12.1. The standard InChI is InChI=1S/C12H24N2OS/c1-10(8-13)9-16-11(2)12(15)14-6-4-3-5-7-14/h10-11H,3-9,13H2,1-2H3. The number of amides is 1. The van der Waals surface area contributed by atoms with Crippen molar-refractivity contribution in [3.63, 3.8) is 0 Å². The molecule has 1 rings (SSSR count). The fourth-order valence-corrected chi connectivity index (χ4v) is 2.86. The van der Waals surface area contributed by atoms with Crippen LogP contribution in [0.5, 0.6) is 0 Å². The highest BCUT2D eigenvalue weighted by Crippen LogP contribution is 2.19. The Morgan fingerprint density at radius 1 is 1.31 bits per heavy atom. The number of nitrogens with zero attached hydrogens (tertiary/aromatic N) is 1. The van der Waals surface area contributed by atoms with Crippen LogP contribution >= 0.6 is 11.8 Å². The SMILES string of the molecule is CC(CN)CSC(C)C(=O)N1CCCCC1. The van der Waals surface area contributed by atoms with Gasteiger partial charge in [0.05, 0.1) is 5.25 Å². The fraction of sp³-hybridized carbons (Fsp3) is 0.917. The molecule has 4 heteroatoms. The van der Waals surface area contributed by atoms with Crippen LogP contribution in [0.15, 0.2) is 0 Å². The average molecular weight is 244 g/mol. The molecule has 1 aliphatic rings. The van der Waals surface area contributed by atoms with E-state index in [1.807, 2.05) is 11.8 Å². The number of rotatable bonds is 5. The molecular formula is C12H24N2OS. The molecule has 1 aliphatic heterocycles.